The molecule has 2 unspecified atom stereocenters. The van der Waals surface area contributed by atoms with E-state index in [-0.39, 0.29) is 24.0 Å². The van der Waals surface area contributed by atoms with Gasteiger partial charge in [-0.3, -0.25) is 4.99 Å². The van der Waals surface area contributed by atoms with Gasteiger partial charge in [-0.15, -0.1) is 35.3 Å². The van der Waals surface area contributed by atoms with Crippen molar-refractivity contribution in [3.63, 3.8) is 0 Å². The lowest BCUT2D eigenvalue weighted by Gasteiger charge is -2.23. The monoisotopic (exact) mass is 467 g/mol. The molecule has 0 bridgehead atoms. The Hall–Kier alpha value is -0.380. The molecule has 2 rings (SSSR count). The minimum Gasteiger partial charge on any atom is -0.382 e. The SMILES string of the molecule is CN=C(NCC(C)c1cccs1)N1CCC(COCCOC)C1.I. The van der Waals surface area contributed by atoms with E-state index in [0.29, 0.717) is 25.0 Å². The van der Waals surface area contributed by atoms with Crippen LogP contribution in [0.1, 0.15) is 24.1 Å². The Kier molecular flexibility index (Phi) is 10.9. The Labute approximate surface area is 166 Å². The molecule has 1 aromatic heterocycles. The summed E-state index contributed by atoms with van der Waals surface area (Å²) >= 11 is 1.82. The molecule has 1 aliphatic rings. The molecular weight excluding hydrogens is 437 g/mol. The third kappa shape index (κ3) is 6.85. The Bertz CT molecular complexity index is 470. The van der Waals surface area contributed by atoms with Crippen molar-refractivity contribution < 1.29 is 9.47 Å². The number of guanidine groups is 1. The lowest BCUT2D eigenvalue weighted by atomic mass is 10.1. The van der Waals surface area contributed by atoms with Crippen molar-refractivity contribution in [2.75, 3.05) is 53.6 Å². The zero-order valence-electron chi connectivity index (χ0n) is 14.9. The molecule has 138 valence electrons. The molecule has 0 aliphatic carbocycles. The average molecular weight is 467 g/mol. The van der Waals surface area contributed by atoms with Crippen molar-refractivity contribution in [2.45, 2.75) is 19.3 Å². The summed E-state index contributed by atoms with van der Waals surface area (Å²) in [6.45, 7) is 7.38. The van der Waals surface area contributed by atoms with E-state index in [4.69, 9.17) is 9.47 Å². The summed E-state index contributed by atoms with van der Waals surface area (Å²) in [5.41, 5.74) is 0. The zero-order chi connectivity index (χ0) is 16.5. The van der Waals surface area contributed by atoms with Crippen molar-refractivity contribution in [2.24, 2.45) is 10.9 Å². The molecule has 1 fully saturated rings. The molecule has 0 radical (unpaired) electrons. The van der Waals surface area contributed by atoms with Crippen LogP contribution in [0.25, 0.3) is 0 Å². The summed E-state index contributed by atoms with van der Waals surface area (Å²) < 4.78 is 10.7. The minimum absolute atomic E-state index is 0. The van der Waals surface area contributed by atoms with Crippen LogP contribution >= 0.6 is 35.3 Å². The molecule has 1 N–H and O–H groups in total. The predicted octanol–water partition coefficient (Wildman–Crippen LogP) is 3.03. The summed E-state index contributed by atoms with van der Waals surface area (Å²) in [7, 11) is 3.56. The van der Waals surface area contributed by atoms with Crippen LogP contribution in [0.4, 0.5) is 0 Å². The normalized spacial score (nSPS) is 19.2. The van der Waals surface area contributed by atoms with Gasteiger partial charge in [0.15, 0.2) is 5.96 Å². The van der Waals surface area contributed by atoms with Crippen LogP contribution < -0.4 is 5.32 Å². The van der Waals surface area contributed by atoms with E-state index < -0.39 is 0 Å². The number of methoxy groups -OCH3 is 1. The molecule has 0 spiro atoms. The van der Waals surface area contributed by atoms with Gasteiger partial charge in [-0.05, 0) is 17.9 Å². The number of nitrogens with zero attached hydrogens (tertiary/aromatic N) is 2. The first-order chi connectivity index (χ1) is 11.2. The summed E-state index contributed by atoms with van der Waals surface area (Å²) in [5, 5.41) is 5.65. The highest BCUT2D eigenvalue weighted by Crippen LogP contribution is 2.20. The summed E-state index contributed by atoms with van der Waals surface area (Å²) in [5.74, 6) is 2.09. The van der Waals surface area contributed by atoms with E-state index >= 15 is 0 Å². The molecule has 2 heterocycles. The fourth-order valence-electron chi connectivity index (χ4n) is 2.80. The van der Waals surface area contributed by atoms with Gasteiger partial charge >= 0.3 is 0 Å². The molecule has 5 nitrogen and oxygen atoms in total. The number of likely N-dealkylation sites (tertiary alicyclic amines) is 1. The number of ether oxygens (including phenoxy) is 2. The molecule has 1 saturated heterocycles. The maximum absolute atomic E-state index is 5.66. The highest BCUT2D eigenvalue weighted by Gasteiger charge is 2.25. The van der Waals surface area contributed by atoms with E-state index in [1.165, 1.54) is 4.88 Å². The van der Waals surface area contributed by atoms with Crippen LogP contribution in [0.5, 0.6) is 0 Å². The first-order valence-corrected chi connectivity index (χ1v) is 9.18. The average Bonchev–Trinajstić information content (AvgIpc) is 3.24. The molecule has 1 aliphatic heterocycles. The predicted molar refractivity (Wildman–Crippen MR) is 112 cm³/mol. The van der Waals surface area contributed by atoms with Gasteiger partial charge in [0.2, 0.25) is 0 Å². The summed E-state index contributed by atoms with van der Waals surface area (Å²) in [4.78, 5) is 8.20. The molecule has 1 aromatic rings. The Morgan fingerprint density at radius 1 is 1.50 bits per heavy atom. The maximum atomic E-state index is 5.66. The molecule has 2 atom stereocenters. The molecule has 0 amide bonds. The second-order valence-electron chi connectivity index (χ2n) is 6.01. The van der Waals surface area contributed by atoms with Gasteiger partial charge in [-0.2, -0.15) is 0 Å². The highest BCUT2D eigenvalue weighted by molar-refractivity contribution is 14.0. The first-order valence-electron chi connectivity index (χ1n) is 8.30. The van der Waals surface area contributed by atoms with E-state index in [1.54, 1.807) is 7.11 Å². The van der Waals surface area contributed by atoms with Crippen molar-refractivity contribution in [3.05, 3.63) is 22.4 Å². The lowest BCUT2D eigenvalue weighted by Crippen LogP contribution is -2.41. The lowest BCUT2D eigenvalue weighted by molar-refractivity contribution is 0.0536. The molecule has 0 saturated carbocycles. The third-order valence-corrected chi connectivity index (χ3v) is 5.28. The first kappa shape index (κ1) is 21.7. The number of rotatable bonds is 8. The van der Waals surface area contributed by atoms with E-state index in [2.05, 4.69) is 39.6 Å². The fourth-order valence-corrected chi connectivity index (χ4v) is 3.59. The maximum Gasteiger partial charge on any atom is 0.193 e. The van der Waals surface area contributed by atoms with Crippen molar-refractivity contribution in [3.8, 4) is 0 Å². The number of halogens is 1. The standard InChI is InChI=1S/C17H29N3O2S.HI/c1-14(16-5-4-10-23-16)11-19-17(18-2)20-7-6-15(12-20)13-22-9-8-21-3;/h4-5,10,14-15H,6-9,11-13H2,1-3H3,(H,18,19);1H. The zero-order valence-corrected chi connectivity index (χ0v) is 18.0. The number of hydrogen-bond acceptors (Lipinski definition) is 4. The van der Waals surface area contributed by atoms with Gasteiger partial charge in [-0.1, -0.05) is 13.0 Å². The Morgan fingerprint density at radius 3 is 3.00 bits per heavy atom. The fraction of sp³-hybridized carbons (Fsp3) is 0.706. The van der Waals surface area contributed by atoms with Crippen molar-refractivity contribution in [1.82, 2.24) is 10.2 Å². The van der Waals surface area contributed by atoms with Gasteiger partial charge in [0.1, 0.15) is 0 Å². The number of hydrogen-bond donors (Lipinski definition) is 1. The van der Waals surface area contributed by atoms with E-state index in [1.807, 2.05) is 18.4 Å². The quantitative estimate of drug-likeness (QED) is 0.276. The smallest absolute Gasteiger partial charge is 0.193 e. The highest BCUT2D eigenvalue weighted by atomic mass is 127. The van der Waals surface area contributed by atoms with Crippen molar-refractivity contribution >= 4 is 41.3 Å². The second-order valence-corrected chi connectivity index (χ2v) is 6.99. The number of aliphatic imine (C=N–C) groups is 1. The van der Waals surface area contributed by atoms with Crippen LogP contribution in [0.2, 0.25) is 0 Å². The second kappa shape index (κ2) is 12.1. The van der Waals surface area contributed by atoms with E-state index in [9.17, 15) is 0 Å². The van der Waals surface area contributed by atoms with E-state index in [0.717, 1.165) is 38.6 Å². The summed E-state index contributed by atoms with van der Waals surface area (Å²) in [6.07, 6.45) is 1.16. The van der Waals surface area contributed by atoms with Crippen LogP contribution in [0.15, 0.2) is 22.5 Å². The molecule has 24 heavy (non-hydrogen) atoms. The minimum atomic E-state index is 0. The van der Waals surface area contributed by atoms with Crippen LogP contribution in [-0.2, 0) is 9.47 Å². The van der Waals surface area contributed by atoms with Gasteiger partial charge < -0.3 is 19.7 Å². The Balaban J connectivity index is 0.00000288. The summed E-state index contributed by atoms with van der Waals surface area (Å²) in [6, 6.07) is 4.31. The number of thiophene rings is 1. The van der Waals surface area contributed by atoms with Crippen LogP contribution in [0.3, 0.4) is 0 Å². The molecule has 0 aromatic carbocycles. The third-order valence-electron chi connectivity index (χ3n) is 4.18. The Morgan fingerprint density at radius 2 is 2.33 bits per heavy atom. The van der Waals surface area contributed by atoms with Gasteiger partial charge in [0.25, 0.3) is 0 Å². The molecular formula is C17H30IN3O2S. The van der Waals surface area contributed by atoms with Crippen LogP contribution in [-0.4, -0.2) is 64.5 Å². The molecule has 7 heteroatoms. The van der Waals surface area contributed by atoms with Gasteiger partial charge in [-0.25, -0.2) is 0 Å². The van der Waals surface area contributed by atoms with Gasteiger partial charge in [0.05, 0.1) is 19.8 Å². The topological polar surface area (TPSA) is 46.1 Å². The van der Waals surface area contributed by atoms with Crippen LogP contribution in [0, 0.1) is 5.92 Å². The van der Waals surface area contributed by atoms with Crippen molar-refractivity contribution in [1.29, 1.82) is 0 Å². The van der Waals surface area contributed by atoms with Gasteiger partial charge in [0, 0.05) is 50.5 Å². The number of nitrogens with one attached hydrogen (secondary N) is 1. The largest absolute Gasteiger partial charge is 0.382 e.